The van der Waals surface area contributed by atoms with Crippen molar-refractivity contribution in [2.45, 2.75) is 12.5 Å². The first-order chi connectivity index (χ1) is 10.8. The molecule has 2 N–H and O–H groups in total. The van der Waals surface area contributed by atoms with Crippen molar-refractivity contribution in [2.24, 2.45) is 10.9 Å². The molecule has 1 atom stereocenters. The third kappa shape index (κ3) is 3.25. The normalized spacial score (nSPS) is 18.1. The summed E-state index contributed by atoms with van der Waals surface area (Å²) in [5.74, 6) is -4.00. The fourth-order valence-corrected chi connectivity index (χ4v) is 2.06. The molecule has 10 heteroatoms. The van der Waals surface area contributed by atoms with Gasteiger partial charge in [-0.3, -0.25) is 24.4 Å². The van der Waals surface area contributed by atoms with Gasteiger partial charge in [0.2, 0.25) is 11.8 Å². The summed E-state index contributed by atoms with van der Waals surface area (Å²) in [6, 6.07) is -1.92. The monoisotopic (exact) mass is 321 g/mol. The number of urea groups is 1. The van der Waals surface area contributed by atoms with Gasteiger partial charge in [0.05, 0.1) is 6.33 Å². The van der Waals surface area contributed by atoms with Crippen molar-refractivity contribution >= 4 is 30.0 Å². The number of aromatic amines is 1. The van der Waals surface area contributed by atoms with E-state index in [-0.39, 0.29) is 6.42 Å². The van der Waals surface area contributed by atoms with Crippen LogP contribution in [0.4, 0.5) is 4.79 Å². The van der Waals surface area contributed by atoms with Crippen LogP contribution < -0.4 is 0 Å². The molecule has 2 rings (SSSR count). The first-order valence-corrected chi connectivity index (χ1v) is 6.65. The number of carboxylic acids is 1. The lowest BCUT2D eigenvalue weighted by Crippen LogP contribution is -2.57. The second-order valence-corrected chi connectivity index (χ2v) is 4.99. The standard InChI is InChI=1S/C13H15N5O5/c1-17-10(19)8(11(20)18(2)13(17)23)5-15-9(12(21)22)3-7-4-14-6-16-7/h4-6,8-9H,3H2,1-2H3,(H,14,16)(H,21,22)/t9-/m0/s1. The summed E-state index contributed by atoms with van der Waals surface area (Å²) in [6.45, 7) is 0. The number of carboxylic acid groups (broad SMARTS) is 1. The van der Waals surface area contributed by atoms with E-state index in [1.807, 2.05) is 0 Å². The van der Waals surface area contributed by atoms with E-state index >= 15 is 0 Å². The van der Waals surface area contributed by atoms with Crippen molar-refractivity contribution in [3.63, 3.8) is 0 Å². The van der Waals surface area contributed by atoms with Crippen LogP contribution in [-0.4, -0.2) is 75.0 Å². The number of amides is 4. The summed E-state index contributed by atoms with van der Waals surface area (Å²) < 4.78 is 0. The Morgan fingerprint density at radius 1 is 1.39 bits per heavy atom. The Bertz CT molecular complexity index is 644. The first-order valence-electron chi connectivity index (χ1n) is 6.65. The zero-order valence-corrected chi connectivity index (χ0v) is 12.5. The number of hydrogen-bond donors (Lipinski definition) is 2. The number of aromatic nitrogens is 2. The van der Waals surface area contributed by atoms with Gasteiger partial charge in [-0.1, -0.05) is 0 Å². The third-order valence-electron chi connectivity index (χ3n) is 3.44. The predicted octanol–water partition coefficient (Wildman–Crippen LogP) is -0.857. The number of nitrogens with one attached hydrogen (secondary N) is 1. The zero-order chi connectivity index (χ0) is 17.1. The molecule has 0 unspecified atom stereocenters. The van der Waals surface area contributed by atoms with Crippen LogP contribution >= 0.6 is 0 Å². The molecule has 1 saturated heterocycles. The van der Waals surface area contributed by atoms with Crippen molar-refractivity contribution in [3.05, 3.63) is 18.2 Å². The minimum atomic E-state index is -1.31. The Labute approximate surface area is 130 Å². The zero-order valence-electron chi connectivity index (χ0n) is 12.5. The van der Waals surface area contributed by atoms with Crippen molar-refractivity contribution in [2.75, 3.05) is 14.1 Å². The molecule has 10 nitrogen and oxygen atoms in total. The number of hydrogen-bond acceptors (Lipinski definition) is 6. The summed E-state index contributed by atoms with van der Waals surface area (Å²) in [7, 11) is 2.49. The van der Waals surface area contributed by atoms with Gasteiger partial charge < -0.3 is 10.1 Å². The highest BCUT2D eigenvalue weighted by Crippen LogP contribution is 2.14. The number of aliphatic imine (C=N–C) groups is 1. The molecule has 122 valence electrons. The minimum absolute atomic E-state index is 0.0333. The quantitative estimate of drug-likeness (QED) is 0.535. The number of rotatable bonds is 5. The number of carbonyl (C=O) groups is 4. The second-order valence-electron chi connectivity index (χ2n) is 4.99. The Kier molecular flexibility index (Phi) is 4.53. The van der Waals surface area contributed by atoms with E-state index in [2.05, 4.69) is 15.0 Å². The molecule has 4 amide bonds. The van der Waals surface area contributed by atoms with E-state index in [9.17, 15) is 24.3 Å². The lowest BCUT2D eigenvalue weighted by Gasteiger charge is -2.31. The number of barbiturate groups is 1. The molecule has 23 heavy (non-hydrogen) atoms. The molecule has 0 spiro atoms. The molecule has 0 aliphatic carbocycles. The van der Waals surface area contributed by atoms with Gasteiger partial charge in [-0.25, -0.2) is 14.6 Å². The number of H-pyrrole nitrogens is 1. The van der Waals surface area contributed by atoms with Crippen LogP contribution in [0.15, 0.2) is 17.5 Å². The molecule has 0 saturated carbocycles. The van der Waals surface area contributed by atoms with Crippen LogP contribution in [0, 0.1) is 5.92 Å². The number of nitrogens with zero attached hydrogens (tertiary/aromatic N) is 4. The molecule has 1 aromatic heterocycles. The fourth-order valence-electron chi connectivity index (χ4n) is 2.06. The topological polar surface area (TPSA) is 136 Å². The van der Waals surface area contributed by atoms with Gasteiger partial charge in [0.1, 0.15) is 0 Å². The first kappa shape index (κ1) is 16.3. The molecule has 1 aliphatic heterocycles. The average Bonchev–Trinajstić information content (AvgIpc) is 3.02. The van der Waals surface area contributed by atoms with Gasteiger partial charge in [0.15, 0.2) is 12.0 Å². The smallest absolute Gasteiger partial charge is 0.332 e. The van der Waals surface area contributed by atoms with E-state index in [0.717, 1.165) is 16.0 Å². The molecule has 0 bridgehead atoms. The van der Waals surface area contributed by atoms with Crippen LogP contribution in [0.5, 0.6) is 0 Å². The minimum Gasteiger partial charge on any atom is -0.480 e. The molecular formula is C13H15N5O5. The van der Waals surface area contributed by atoms with Crippen molar-refractivity contribution in [1.82, 2.24) is 19.8 Å². The predicted molar refractivity (Wildman–Crippen MR) is 76.6 cm³/mol. The van der Waals surface area contributed by atoms with Gasteiger partial charge in [-0.05, 0) is 0 Å². The van der Waals surface area contributed by atoms with Crippen LogP contribution in [-0.2, 0) is 20.8 Å². The average molecular weight is 321 g/mol. The van der Waals surface area contributed by atoms with E-state index in [1.54, 1.807) is 0 Å². The molecule has 1 fully saturated rings. The molecule has 0 radical (unpaired) electrons. The maximum absolute atomic E-state index is 12.0. The molecule has 0 aromatic carbocycles. The summed E-state index contributed by atoms with van der Waals surface area (Å²) in [4.78, 5) is 58.8. The number of carbonyl (C=O) groups excluding carboxylic acids is 3. The van der Waals surface area contributed by atoms with Crippen LogP contribution in [0.3, 0.4) is 0 Å². The summed E-state index contributed by atoms with van der Waals surface area (Å²) >= 11 is 0. The van der Waals surface area contributed by atoms with Crippen LogP contribution in [0.25, 0.3) is 0 Å². The van der Waals surface area contributed by atoms with Gasteiger partial charge in [0, 0.05) is 38.6 Å². The van der Waals surface area contributed by atoms with Crippen LogP contribution in [0.1, 0.15) is 5.69 Å². The lowest BCUT2D eigenvalue weighted by atomic mass is 10.1. The number of imide groups is 2. The van der Waals surface area contributed by atoms with Gasteiger partial charge in [-0.15, -0.1) is 0 Å². The third-order valence-corrected chi connectivity index (χ3v) is 3.44. The summed E-state index contributed by atoms with van der Waals surface area (Å²) in [6.07, 6.45) is 3.88. The summed E-state index contributed by atoms with van der Waals surface area (Å²) in [5.41, 5.74) is 0.556. The largest absolute Gasteiger partial charge is 0.480 e. The SMILES string of the molecule is CN1C(=O)C(C=N[C@@H](Cc2cnc[nH]2)C(=O)O)C(=O)N(C)C1=O. The van der Waals surface area contributed by atoms with Crippen molar-refractivity contribution in [1.29, 1.82) is 0 Å². The molecule has 2 heterocycles. The fraction of sp³-hybridized carbons (Fsp3) is 0.385. The Balaban J connectivity index is 2.18. The van der Waals surface area contributed by atoms with E-state index < -0.39 is 35.8 Å². The van der Waals surface area contributed by atoms with Gasteiger partial charge in [0.25, 0.3) is 0 Å². The highest BCUT2D eigenvalue weighted by molar-refractivity contribution is 6.23. The van der Waals surface area contributed by atoms with Gasteiger partial charge >= 0.3 is 12.0 Å². The maximum atomic E-state index is 12.0. The number of imidazole rings is 1. The van der Waals surface area contributed by atoms with Crippen molar-refractivity contribution in [3.8, 4) is 0 Å². The molecular weight excluding hydrogens is 306 g/mol. The second kappa shape index (κ2) is 6.38. The maximum Gasteiger partial charge on any atom is 0.332 e. The molecule has 1 aliphatic rings. The number of aliphatic carboxylic acids is 1. The van der Waals surface area contributed by atoms with E-state index in [1.165, 1.54) is 26.6 Å². The van der Waals surface area contributed by atoms with E-state index in [0.29, 0.717) is 5.69 Å². The Morgan fingerprint density at radius 3 is 2.48 bits per heavy atom. The van der Waals surface area contributed by atoms with Crippen molar-refractivity contribution < 1.29 is 24.3 Å². The Morgan fingerprint density at radius 2 is 2.00 bits per heavy atom. The highest BCUT2D eigenvalue weighted by Gasteiger charge is 2.41. The lowest BCUT2D eigenvalue weighted by molar-refractivity contribution is -0.144. The molecule has 1 aromatic rings. The van der Waals surface area contributed by atoms with E-state index in [4.69, 9.17) is 0 Å². The van der Waals surface area contributed by atoms with Gasteiger partial charge in [-0.2, -0.15) is 0 Å². The summed E-state index contributed by atoms with van der Waals surface area (Å²) in [5, 5.41) is 9.19. The Hall–Kier alpha value is -3.04. The van der Waals surface area contributed by atoms with Crippen LogP contribution in [0.2, 0.25) is 0 Å². The highest BCUT2D eigenvalue weighted by atomic mass is 16.4.